The van der Waals surface area contributed by atoms with Gasteiger partial charge in [-0.1, -0.05) is 23.4 Å². The molecule has 1 aromatic heterocycles. The highest BCUT2D eigenvalue weighted by Crippen LogP contribution is 2.31. The molecule has 18 heavy (non-hydrogen) atoms. The lowest BCUT2D eigenvalue weighted by Gasteiger charge is -2.06. The summed E-state index contributed by atoms with van der Waals surface area (Å²) in [5.74, 6) is -1.85. The predicted molar refractivity (Wildman–Crippen MR) is 63.4 cm³/mol. The maximum atomic E-state index is 13.0. The van der Waals surface area contributed by atoms with E-state index in [1.807, 2.05) is 0 Å². The summed E-state index contributed by atoms with van der Waals surface area (Å²) < 4.78 is 25.8. The number of rotatable bonds is 3. The second-order valence-electron chi connectivity index (χ2n) is 3.28. The monoisotopic (exact) mass is 288 g/mol. The Labute approximate surface area is 111 Å². The van der Waals surface area contributed by atoms with Crippen molar-refractivity contribution in [3.8, 4) is 0 Å². The van der Waals surface area contributed by atoms with Crippen molar-refractivity contribution < 1.29 is 13.9 Å². The van der Waals surface area contributed by atoms with Gasteiger partial charge >= 0.3 is 0 Å². The molecule has 0 spiro atoms. The molecule has 2 rings (SSSR count). The van der Waals surface area contributed by atoms with Crippen LogP contribution in [0, 0.1) is 11.6 Å². The maximum absolute atomic E-state index is 13.0. The molecule has 0 aliphatic heterocycles. The molecule has 0 bridgehead atoms. The number of hydrogen-bond donors (Lipinski definition) is 1. The van der Waals surface area contributed by atoms with E-state index in [0.29, 0.717) is 15.5 Å². The van der Waals surface area contributed by atoms with Crippen LogP contribution in [0.1, 0.15) is 5.56 Å². The molecule has 0 aliphatic carbocycles. The van der Waals surface area contributed by atoms with Crippen molar-refractivity contribution in [2.75, 3.05) is 0 Å². The molecule has 94 valence electrons. The minimum atomic E-state index is -0.939. The van der Waals surface area contributed by atoms with E-state index >= 15 is 0 Å². The number of hydrogen-bond acceptors (Lipinski definition) is 4. The quantitative estimate of drug-likeness (QED) is 0.882. The van der Waals surface area contributed by atoms with Crippen LogP contribution in [0.2, 0.25) is 5.15 Å². The third kappa shape index (κ3) is 2.77. The van der Waals surface area contributed by atoms with E-state index in [9.17, 15) is 8.78 Å². The number of halogens is 3. The molecule has 1 heterocycles. The number of aliphatic hydroxyl groups excluding tert-OH is 1. The van der Waals surface area contributed by atoms with Gasteiger partial charge in [0.15, 0.2) is 11.6 Å². The lowest BCUT2D eigenvalue weighted by atomic mass is 10.3. The molecule has 0 saturated heterocycles. The summed E-state index contributed by atoms with van der Waals surface area (Å²) in [5, 5.41) is 9.71. The highest BCUT2D eigenvalue weighted by atomic mass is 35.5. The van der Waals surface area contributed by atoms with Crippen LogP contribution in [0.25, 0.3) is 0 Å². The molecular weight excluding hydrogens is 282 g/mol. The molecule has 1 aromatic carbocycles. The van der Waals surface area contributed by atoms with Gasteiger partial charge in [0, 0.05) is 10.5 Å². The summed E-state index contributed by atoms with van der Waals surface area (Å²) >= 11 is 6.87. The third-order valence-electron chi connectivity index (χ3n) is 2.12. The van der Waals surface area contributed by atoms with Crippen molar-refractivity contribution >= 4 is 23.4 Å². The Morgan fingerprint density at radius 2 is 2.00 bits per heavy atom. The van der Waals surface area contributed by atoms with Crippen LogP contribution in [0.4, 0.5) is 8.78 Å². The van der Waals surface area contributed by atoms with E-state index in [4.69, 9.17) is 16.7 Å². The fraction of sp³-hybridized carbons (Fsp3) is 0.0909. The Hall–Kier alpha value is -1.24. The average molecular weight is 289 g/mol. The number of aromatic nitrogens is 2. The topological polar surface area (TPSA) is 46.0 Å². The molecular formula is C11H7ClF2N2OS. The second kappa shape index (κ2) is 5.60. The second-order valence-corrected chi connectivity index (χ2v) is 4.70. The van der Waals surface area contributed by atoms with Crippen LogP contribution < -0.4 is 0 Å². The summed E-state index contributed by atoms with van der Waals surface area (Å²) in [6.07, 6.45) is 1.24. The Morgan fingerprint density at radius 1 is 1.22 bits per heavy atom. The van der Waals surface area contributed by atoms with E-state index < -0.39 is 11.6 Å². The normalized spacial score (nSPS) is 10.7. The first-order valence-electron chi connectivity index (χ1n) is 4.85. The lowest BCUT2D eigenvalue weighted by molar-refractivity contribution is 0.277. The molecule has 0 unspecified atom stereocenters. The Balaban J connectivity index is 2.34. The minimum absolute atomic E-state index is 0.137. The molecule has 0 radical (unpaired) electrons. The van der Waals surface area contributed by atoms with E-state index in [1.54, 1.807) is 0 Å². The van der Waals surface area contributed by atoms with Gasteiger partial charge in [-0.3, -0.25) is 0 Å². The van der Waals surface area contributed by atoms with Crippen LogP contribution in [0.3, 0.4) is 0 Å². The number of nitrogens with zero attached hydrogens (tertiary/aromatic N) is 2. The van der Waals surface area contributed by atoms with Gasteiger partial charge in [-0.15, -0.1) is 0 Å². The molecule has 2 aromatic rings. The molecule has 1 N–H and O–H groups in total. The smallest absolute Gasteiger partial charge is 0.159 e. The zero-order valence-corrected chi connectivity index (χ0v) is 10.5. The van der Waals surface area contributed by atoms with Gasteiger partial charge in [0.2, 0.25) is 0 Å². The van der Waals surface area contributed by atoms with Gasteiger partial charge in [0.1, 0.15) is 16.5 Å². The molecule has 3 nitrogen and oxygen atoms in total. The van der Waals surface area contributed by atoms with Crippen molar-refractivity contribution in [1.29, 1.82) is 0 Å². The van der Waals surface area contributed by atoms with E-state index in [-0.39, 0.29) is 11.8 Å². The van der Waals surface area contributed by atoms with Crippen molar-refractivity contribution in [2.24, 2.45) is 0 Å². The summed E-state index contributed by atoms with van der Waals surface area (Å²) in [6.45, 7) is -0.328. The fourth-order valence-electron chi connectivity index (χ4n) is 1.25. The average Bonchev–Trinajstić information content (AvgIpc) is 2.34. The van der Waals surface area contributed by atoms with Crippen LogP contribution in [-0.4, -0.2) is 15.1 Å². The molecule has 0 amide bonds. The zero-order chi connectivity index (χ0) is 13.1. The molecule has 0 aliphatic rings. The molecule has 7 heteroatoms. The highest BCUT2D eigenvalue weighted by Gasteiger charge is 2.11. The van der Waals surface area contributed by atoms with Gasteiger partial charge in [-0.05, 0) is 18.2 Å². The first-order valence-corrected chi connectivity index (χ1v) is 6.04. The van der Waals surface area contributed by atoms with Gasteiger partial charge in [0.05, 0.1) is 6.61 Å². The van der Waals surface area contributed by atoms with Gasteiger partial charge in [-0.2, -0.15) is 0 Å². The fourth-order valence-corrected chi connectivity index (χ4v) is 2.40. The largest absolute Gasteiger partial charge is 0.391 e. The Kier molecular flexibility index (Phi) is 4.11. The van der Waals surface area contributed by atoms with Crippen LogP contribution in [-0.2, 0) is 6.61 Å². The van der Waals surface area contributed by atoms with Crippen molar-refractivity contribution in [3.05, 3.63) is 46.9 Å². The molecule has 0 saturated carbocycles. The Bertz CT molecular complexity index is 583. The van der Waals surface area contributed by atoms with Crippen molar-refractivity contribution in [3.63, 3.8) is 0 Å². The van der Waals surface area contributed by atoms with E-state index in [1.165, 1.54) is 12.4 Å². The zero-order valence-electron chi connectivity index (χ0n) is 8.90. The first-order chi connectivity index (χ1) is 8.61. The molecule has 0 atom stereocenters. The van der Waals surface area contributed by atoms with Gasteiger partial charge < -0.3 is 5.11 Å². The number of aliphatic hydroxyl groups is 1. The first kappa shape index (κ1) is 13.2. The summed E-state index contributed by atoms with van der Waals surface area (Å²) in [5.41, 5.74) is 0.355. The van der Waals surface area contributed by atoms with Crippen LogP contribution in [0.15, 0.2) is 34.4 Å². The van der Waals surface area contributed by atoms with Crippen LogP contribution in [0.5, 0.6) is 0 Å². The van der Waals surface area contributed by atoms with Crippen molar-refractivity contribution in [1.82, 2.24) is 9.97 Å². The third-order valence-corrected chi connectivity index (χ3v) is 3.48. The number of benzene rings is 1. The lowest BCUT2D eigenvalue weighted by Crippen LogP contribution is -1.95. The van der Waals surface area contributed by atoms with Crippen LogP contribution >= 0.6 is 23.4 Å². The maximum Gasteiger partial charge on any atom is 0.159 e. The summed E-state index contributed by atoms with van der Waals surface area (Å²) in [6, 6.07) is 3.50. The predicted octanol–water partition coefficient (Wildman–Crippen LogP) is 3.05. The summed E-state index contributed by atoms with van der Waals surface area (Å²) in [4.78, 5) is 8.14. The molecule has 0 fully saturated rings. The van der Waals surface area contributed by atoms with E-state index in [2.05, 4.69) is 9.97 Å². The minimum Gasteiger partial charge on any atom is -0.391 e. The SMILES string of the molecule is OCc1c(Cl)ncnc1Sc1ccc(F)c(F)c1. The standard InChI is InChI=1S/C11H7ClF2N2OS/c12-10-7(4-17)11(16-5-15-10)18-6-1-2-8(13)9(14)3-6/h1-3,5,17H,4H2. The van der Waals surface area contributed by atoms with Gasteiger partial charge in [0.25, 0.3) is 0 Å². The summed E-state index contributed by atoms with van der Waals surface area (Å²) in [7, 11) is 0. The highest BCUT2D eigenvalue weighted by molar-refractivity contribution is 7.99. The Morgan fingerprint density at radius 3 is 2.67 bits per heavy atom. The van der Waals surface area contributed by atoms with Gasteiger partial charge in [-0.25, -0.2) is 18.7 Å². The van der Waals surface area contributed by atoms with E-state index in [0.717, 1.165) is 23.9 Å². The van der Waals surface area contributed by atoms with Crippen molar-refractivity contribution in [2.45, 2.75) is 16.5 Å².